The molecule has 1 heterocycles. The van der Waals surface area contributed by atoms with Crippen molar-refractivity contribution in [1.82, 2.24) is 5.32 Å². The molecule has 0 aromatic heterocycles. The molecular formula is C20H26N2O2. The monoisotopic (exact) mass is 326 g/mol. The van der Waals surface area contributed by atoms with Crippen molar-refractivity contribution in [3.63, 3.8) is 0 Å². The molecule has 128 valence electrons. The number of hydrogen-bond donors (Lipinski definition) is 1. The fourth-order valence-corrected chi connectivity index (χ4v) is 3.83. The van der Waals surface area contributed by atoms with Crippen LogP contribution in [0.3, 0.4) is 0 Å². The number of benzene rings is 1. The van der Waals surface area contributed by atoms with Gasteiger partial charge < -0.3 is 10.1 Å². The minimum Gasteiger partial charge on any atom is -0.368 e. The molecule has 1 aromatic carbocycles. The second kappa shape index (κ2) is 7.81. The maximum Gasteiger partial charge on any atom is 0.220 e. The average Bonchev–Trinajstić information content (AvgIpc) is 2.83. The van der Waals surface area contributed by atoms with Crippen LogP contribution in [0.4, 0.5) is 0 Å². The predicted molar refractivity (Wildman–Crippen MR) is 92.2 cm³/mol. The zero-order chi connectivity index (χ0) is 16.8. The summed E-state index contributed by atoms with van der Waals surface area (Å²) in [6.07, 6.45) is 9.00. The number of nitriles is 1. The SMILES string of the molecule is N#Cc1cccc([C@@]2(CNC(=O)CC3CCCCCC3)CCO2)c1. The molecule has 2 fully saturated rings. The highest BCUT2D eigenvalue weighted by Gasteiger charge is 2.40. The average molecular weight is 326 g/mol. The molecule has 3 rings (SSSR count). The molecule has 0 spiro atoms. The van der Waals surface area contributed by atoms with E-state index in [0.717, 1.165) is 12.0 Å². The Kier molecular flexibility index (Phi) is 5.52. The molecule has 1 aliphatic heterocycles. The summed E-state index contributed by atoms with van der Waals surface area (Å²) < 4.78 is 5.84. The van der Waals surface area contributed by atoms with Gasteiger partial charge in [-0.1, -0.05) is 37.8 Å². The molecule has 1 aliphatic carbocycles. The van der Waals surface area contributed by atoms with E-state index in [0.29, 0.717) is 31.1 Å². The van der Waals surface area contributed by atoms with Crippen LogP contribution in [0.15, 0.2) is 24.3 Å². The lowest BCUT2D eigenvalue weighted by Crippen LogP contribution is -2.50. The van der Waals surface area contributed by atoms with Crippen molar-refractivity contribution in [1.29, 1.82) is 5.26 Å². The number of nitrogens with one attached hydrogen (secondary N) is 1. The van der Waals surface area contributed by atoms with Gasteiger partial charge in [-0.3, -0.25) is 4.79 Å². The van der Waals surface area contributed by atoms with E-state index in [1.54, 1.807) is 6.07 Å². The van der Waals surface area contributed by atoms with Crippen LogP contribution in [-0.4, -0.2) is 19.1 Å². The van der Waals surface area contributed by atoms with Crippen molar-refractivity contribution in [3.8, 4) is 6.07 Å². The quantitative estimate of drug-likeness (QED) is 0.840. The van der Waals surface area contributed by atoms with Gasteiger partial charge in [-0.15, -0.1) is 0 Å². The topological polar surface area (TPSA) is 62.1 Å². The van der Waals surface area contributed by atoms with Crippen LogP contribution in [0.25, 0.3) is 0 Å². The number of hydrogen-bond acceptors (Lipinski definition) is 3. The first-order valence-corrected chi connectivity index (χ1v) is 9.13. The smallest absolute Gasteiger partial charge is 0.220 e. The lowest BCUT2D eigenvalue weighted by atomic mass is 9.85. The van der Waals surface area contributed by atoms with E-state index in [-0.39, 0.29) is 5.91 Å². The summed E-state index contributed by atoms with van der Waals surface area (Å²) in [6.45, 7) is 1.20. The maximum atomic E-state index is 12.3. The van der Waals surface area contributed by atoms with Gasteiger partial charge in [-0.05, 0) is 36.5 Å². The van der Waals surface area contributed by atoms with E-state index in [1.165, 1.54) is 38.5 Å². The van der Waals surface area contributed by atoms with E-state index in [4.69, 9.17) is 10.00 Å². The molecular weight excluding hydrogens is 300 g/mol. The third-order valence-corrected chi connectivity index (χ3v) is 5.42. The van der Waals surface area contributed by atoms with Crippen molar-refractivity contribution in [2.75, 3.05) is 13.2 Å². The Balaban J connectivity index is 1.57. The van der Waals surface area contributed by atoms with Crippen LogP contribution in [-0.2, 0) is 15.1 Å². The van der Waals surface area contributed by atoms with Crippen molar-refractivity contribution in [2.24, 2.45) is 5.92 Å². The Morgan fingerprint density at radius 2 is 2.04 bits per heavy atom. The third-order valence-electron chi connectivity index (χ3n) is 5.42. The van der Waals surface area contributed by atoms with Gasteiger partial charge in [0.15, 0.2) is 0 Å². The second-order valence-electron chi connectivity index (χ2n) is 7.12. The van der Waals surface area contributed by atoms with Crippen molar-refractivity contribution >= 4 is 5.91 Å². The summed E-state index contributed by atoms with van der Waals surface area (Å²) >= 11 is 0. The molecule has 4 heteroatoms. The van der Waals surface area contributed by atoms with Crippen molar-refractivity contribution < 1.29 is 9.53 Å². The largest absolute Gasteiger partial charge is 0.368 e. The van der Waals surface area contributed by atoms with Crippen LogP contribution >= 0.6 is 0 Å². The molecule has 1 atom stereocenters. The van der Waals surface area contributed by atoms with Crippen LogP contribution in [0.1, 0.15) is 62.5 Å². The van der Waals surface area contributed by atoms with E-state index in [9.17, 15) is 4.79 Å². The number of ether oxygens (including phenoxy) is 1. The first-order chi connectivity index (χ1) is 11.7. The number of amides is 1. The van der Waals surface area contributed by atoms with Gasteiger partial charge in [0, 0.05) is 12.8 Å². The van der Waals surface area contributed by atoms with Gasteiger partial charge in [0.1, 0.15) is 5.60 Å². The summed E-state index contributed by atoms with van der Waals surface area (Å²) in [5, 5.41) is 12.2. The fraction of sp³-hybridized carbons (Fsp3) is 0.600. The summed E-state index contributed by atoms with van der Waals surface area (Å²) in [6, 6.07) is 9.70. The predicted octanol–water partition coefficient (Wildman–Crippen LogP) is 3.65. The fourth-order valence-electron chi connectivity index (χ4n) is 3.83. The van der Waals surface area contributed by atoms with Crippen molar-refractivity contribution in [2.45, 2.75) is 57.0 Å². The molecule has 0 radical (unpaired) electrons. The van der Waals surface area contributed by atoms with E-state index < -0.39 is 5.60 Å². The van der Waals surface area contributed by atoms with Crippen LogP contribution in [0.2, 0.25) is 0 Å². The van der Waals surface area contributed by atoms with Gasteiger partial charge in [0.2, 0.25) is 5.91 Å². The molecule has 0 unspecified atom stereocenters. The summed E-state index contributed by atoms with van der Waals surface area (Å²) in [4.78, 5) is 12.3. The van der Waals surface area contributed by atoms with Gasteiger partial charge in [-0.25, -0.2) is 0 Å². The second-order valence-corrected chi connectivity index (χ2v) is 7.12. The van der Waals surface area contributed by atoms with E-state index in [2.05, 4.69) is 11.4 Å². The number of nitrogens with zero attached hydrogens (tertiary/aromatic N) is 1. The van der Waals surface area contributed by atoms with Gasteiger partial charge in [0.25, 0.3) is 0 Å². The summed E-state index contributed by atoms with van der Waals surface area (Å²) in [5.74, 6) is 0.667. The maximum absolute atomic E-state index is 12.3. The minimum absolute atomic E-state index is 0.133. The third kappa shape index (κ3) is 3.96. The van der Waals surface area contributed by atoms with Crippen molar-refractivity contribution in [3.05, 3.63) is 35.4 Å². The molecule has 4 nitrogen and oxygen atoms in total. The zero-order valence-corrected chi connectivity index (χ0v) is 14.2. The molecule has 1 amide bonds. The molecule has 1 aromatic rings. The molecule has 1 saturated heterocycles. The Morgan fingerprint density at radius 1 is 1.29 bits per heavy atom. The molecule has 1 N–H and O–H groups in total. The van der Waals surface area contributed by atoms with Gasteiger partial charge in [-0.2, -0.15) is 5.26 Å². The van der Waals surface area contributed by atoms with Gasteiger partial charge >= 0.3 is 0 Å². The summed E-state index contributed by atoms with van der Waals surface area (Å²) in [7, 11) is 0. The van der Waals surface area contributed by atoms with Crippen LogP contribution < -0.4 is 5.32 Å². The highest BCUT2D eigenvalue weighted by Crippen LogP contribution is 2.37. The summed E-state index contributed by atoms with van der Waals surface area (Å²) in [5.41, 5.74) is 1.17. The van der Waals surface area contributed by atoms with Crippen LogP contribution in [0, 0.1) is 17.2 Å². The number of carbonyl (C=O) groups excluding carboxylic acids is 1. The van der Waals surface area contributed by atoms with E-state index >= 15 is 0 Å². The Bertz CT molecular complexity index is 608. The lowest BCUT2D eigenvalue weighted by Gasteiger charge is -2.42. The molecule has 0 bridgehead atoms. The highest BCUT2D eigenvalue weighted by molar-refractivity contribution is 5.76. The first-order valence-electron chi connectivity index (χ1n) is 9.13. The molecule has 2 aliphatic rings. The standard InChI is InChI=1S/C20H26N2O2/c21-14-17-8-5-9-18(12-17)20(10-11-24-20)15-22-19(23)13-16-6-3-1-2-4-7-16/h5,8-9,12,16H,1-4,6-7,10-11,13,15H2,(H,22,23)/t20-/m0/s1. The number of rotatable bonds is 5. The Labute approximate surface area is 144 Å². The Hall–Kier alpha value is -1.86. The van der Waals surface area contributed by atoms with E-state index in [1.807, 2.05) is 18.2 Å². The minimum atomic E-state index is -0.452. The van der Waals surface area contributed by atoms with Crippen LogP contribution in [0.5, 0.6) is 0 Å². The van der Waals surface area contributed by atoms with Gasteiger partial charge in [0.05, 0.1) is 24.8 Å². The zero-order valence-electron chi connectivity index (χ0n) is 14.2. The normalized spacial score (nSPS) is 24.5. The lowest BCUT2D eigenvalue weighted by molar-refractivity contribution is -0.155. The highest BCUT2D eigenvalue weighted by atomic mass is 16.5. The molecule has 24 heavy (non-hydrogen) atoms. The number of carbonyl (C=O) groups is 1. The molecule has 1 saturated carbocycles. The first kappa shape index (κ1) is 17.0. The Morgan fingerprint density at radius 3 is 2.67 bits per heavy atom.